The number of rotatable bonds is 5. The minimum Gasteiger partial charge on any atom is -0.353 e. The first kappa shape index (κ1) is 14.9. The molecular formula is C17H31NO. The lowest BCUT2D eigenvalue weighted by molar-refractivity contribution is -0.126. The number of hydrogen-bond donors (Lipinski definition) is 1. The molecule has 19 heavy (non-hydrogen) atoms. The topological polar surface area (TPSA) is 29.1 Å². The highest BCUT2D eigenvalue weighted by Gasteiger charge is 2.29. The third kappa shape index (κ3) is 4.50. The van der Waals surface area contributed by atoms with Gasteiger partial charge in [0.1, 0.15) is 0 Å². The fourth-order valence-corrected chi connectivity index (χ4v) is 3.86. The standard InChI is InChI=1S/C17H31NO/c1-3-4-5-14-7-9-15(10-8-14)17(19)18-16-11-6-13(2)12-16/h13-16H,3-12H2,1-2H3,(H,18,19). The average molecular weight is 265 g/mol. The molecule has 2 aliphatic carbocycles. The molecule has 2 unspecified atom stereocenters. The van der Waals surface area contributed by atoms with Crippen molar-refractivity contribution in [2.45, 2.75) is 84.1 Å². The van der Waals surface area contributed by atoms with Gasteiger partial charge in [0, 0.05) is 12.0 Å². The lowest BCUT2D eigenvalue weighted by Crippen LogP contribution is -2.38. The molecule has 110 valence electrons. The third-order valence-electron chi connectivity index (χ3n) is 5.22. The monoisotopic (exact) mass is 265 g/mol. The van der Waals surface area contributed by atoms with E-state index >= 15 is 0 Å². The molecule has 2 nitrogen and oxygen atoms in total. The molecule has 2 saturated carbocycles. The van der Waals surface area contributed by atoms with Gasteiger partial charge in [0.15, 0.2) is 0 Å². The van der Waals surface area contributed by atoms with E-state index in [1.165, 1.54) is 51.4 Å². The number of hydrogen-bond acceptors (Lipinski definition) is 1. The van der Waals surface area contributed by atoms with E-state index in [1.807, 2.05) is 0 Å². The summed E-state index contributed by atoms with van der Waals surface area (Å²) in [5.74, 6) is 2.37. The van der Waals surface area contributed by atoms with Crippen LogP contribution in [-0.4, -0.2) is 11.9 Å². The summed E-state index contributed by atoms with van der Waals surface area (Å²) in [4.78, 5) is 12.3. The van der Waals surface area contributed by atoms with E-state index in [1.54, 1.807) is 0 Å². The van der Waals surface area contributed by atoms with E-state index in [9.17, 15) is 4.79 Å². The molecular weight excluding hydrogens is 234 g/mol. The van der Waals surface area contributed by atoms with Crippen LogP contribution in [0.3, 0.4) is 0 Å². The third-order valence-corrected chi connectivity index (χ3v) is 5.22. The molecule has 1 N–H and O–H groups in total. The quantitative estimate of drug-likeness (QED) is 0.789. The molecule has 0 aromatic rings. The lowest BCUT2D eigenvalue weighted by Gasteiger charge is -2.28. The van der Waals surface area contributed by atoms with Gasteiger partial charge in [0.25, 0.3) is 0 Å². The van der Waals surface area contributed by atoms with Crippen molar-refractivity contribution in [1.82, 2.24) is 5.32 Å². The summed E-state index contributed by atoms with van der Waals surface area (Å²) in [6, 6.07) is 0.473. The van der Waals surface area contributed by atoms with Crippen molar-refractivity contribution in [3.05, 3.63) is 0 Å². The zero-order chi connectivity index (χ0) is 13.7. The van der Waals surface area contributed by atoms with Crippen LogP contribution < -0.4 is 5.32 Å². The second kappa shape index (κ2) is 7.31. The van der Waals surface area contributed by atoms with Crippen molar-refractivity contribution < 1.29 is 4.79 Å². The minimum atomic E-state index is 0.314. The van der Waals surface area contributed by atoms with E-state index in [0.717, 1.165) is 24.7 Å². The van der Waals surface area contributed by atoms with Gasteiger partial charge in [0.05, 0.1) is 0 Å². The van der Waals surface area contributed by atoms with E-state index in [0.29, 0.717) is 17.9 Å². The highest BCUT2D eigenvalue weighted by Crippen LogP contribution is 2.32. The van der Waals surface area contributed by atoms with Gasteiger partial charge >= 0.3 is 0 Å². The normalized spacial score (nSPS) is 35.3. The second-order valence-electron chi connectivity index (χ2n) is 6.98. The maximum absolute atomic E-state index is 12.3. The average Bonchev–Trinajstić information content (AvgIpc) is 2.82. The minimum absolute atomic E-state index is 0.314. The number of amides is 1. The Morgan fingerprint density at radius 3 is 2.42 bits per heavy atom. The Morgan fingerprint density at radius 2 is 1.84 bits per heavy atom. The Hall–Kier alpha value is -0.530. The molecule has 0 bridgehead atoms. The van der Waals surface area contributed by atoms with Gasteiger partial charge in [0.2, 0.25) is 5.91 Å². The summed E-state index contributed by atoms with van der Waals surface area (Å²) < 4.78 is 0. The van der Waals surface area contributed by atoms with E-state index in [2.05, 4.69) is 19.2 Å². The fraction of sp³-hybridized carbons (Fsp3) is 0.941. The Labute approximate surface area is 118 Å². The molecule has 0 aliphatic heterocycles. The van der Waals surface area contributed by atoms with E-state index in [-0.39, 0.29) is 0 Å². The predicted molar refractivity (Wildman–Crippen MR) is 79.9 cm³/mol. The SMILES string of the molecule is CCCCC1CCC(C(=O)NC2CCC(C)C2)CC1. The molecule has 2 aliphatic rings. The molecule has 0 aromatic heterocycles. The molecule has 0 aromatic carbocycles. The molecule has 2 rings (SSSR count). The van der Waals surface area contributed by atoms with Crippen LogP contribution in [-0.2, 0) is 4.79 Å². The zero-order valence-electron chi connectivity index (χ0n) is 12.8. The Balaban J connectivity index is 1.67. The highest BCUT2D eigenvalue weighted by molar-refractivity contribution is 5.79. The molecule has 0 radical (unpaired) electrons. The molecule has 0 saturated heterocycles. The molecule has 1 amide bonds. The maximum atomic E-state index is 12.3. The zero-order valence-corrected chi connectivity index (χ0v) is 12.8. The Morgan fingerprint density at radius 1 is 1.11 bits per heavy atom. The van der Waals surface area contributed by atoms with Crippen LogP contribution in [0.15, 0.2) is 0 Å². The van der Waals surface area contributed by atoms with Crippen molar-refractivity contribution in [2.75, 3.05) is 0 Å². The lowest BCUT2D eigenvalue weighted by atomic mass is 9.79. The Kier molecular flexibility index (Phi) is 5.72. The van der Waals surface area contributed by atoms with Crippen LogP contribution >= 0.6 is 0 Å². The van der Waals surface area contributed by atoms with Gasteiger partial charge in [-0.3, -0.25) is 4.79 Å². The molecule has 0 heterocycles. The van der Waals surface area contributed by atoms with Gasteiger partial charge in [-0.15, -0.1) is 0 Å². The van der Waals surface area contributed by atoms with Crippen LogP contribution in [0.4, 0.5) is 0 Å². The first-order valence-electron chi connectivity index (χ1n) is 8.49. The highest BCUT2D eigenvalue weighted by atomic mass is 16.1. The molecule has 0 spiro atoms. The van der Waals surface area contributed by atoms with Crippen molar-refractivity contribution in [1.29, 1.82) is 0 Å². The van der Waals surface area contributed by atoms with Gasteiger partial charge in [-0.05, 0) is 56.8 Å². The van der Waals surface area contributed by atoms with E-state index in [4.69, 9.17) is 0 Å². The summed E-state index contributed by atoms with van der Waals surface area (Å²) in [7, 11) is 0. The first-order chi connectivity index (χ1) is 9.19. The fourth-order valence-electron chi connectivity index (χ4n) is 3.86. The maximum Gasteiger partial charge on any atom is 0.223 e. The Bertz CT molecular complexity index is 281. The van der Waals surface area contributed by atoms with Crippen molar-refractivity contribution in [2.24, 2.45) is 17.8 Å². The molecule has 2 fully saturated rings. The van der Waals surface area contributed by atoms with E-state index < -0.39 is 0 Å². The van der Waals surface area contributed by atoms with Crippen LogP contribution in [0.5, 0.6) is 0 Å². The van der Waals surface area contributed by atoms with Crippen LogP contribution in [0, 0.1) is 17.8 Å². The number of carbonyl (C=O) groups excluding carboxylic acids is 1. The summed E-state index contributed by atoms with van der Waals surface area (Å²) in [6.45, 7) is 4.56. The molecule has 2 atom stereocenters. The van der Waals surface area contributed by atoms with Gasteiger partial charge < -0.3 is 5.32 Å². The molecule has 2 heteroatoms. The van der Waals surface area contributed by atoms with Gasteiger partial charge in [-0.1, -0.05) is 33.1 Å². The predicted octanol–water partition coefficient (Wildman–Crippen LogP) is 4.29. The first-order valence-corrected chi connectivity index (χ1v) is 8.49. The second-order valence-corrected chi connectivity index (χ2v) is 6.98. The van der Waals surface area contributed by atoms with Crippen LogP contribution in [0.2, 0.25) is 0 Å². The summed E-state index contributed by atoms with van der Waals surface area (Å²) in [6.07, 6.45) is 12.5. The van der Waals surface area contributed by atoms with Crippen LogP contribution in [0.1, 0.15) is 78.1 Å². The summed E-state index contributed by atoms with van der Waals surface area (Å²) in [5, 5.41) is 3.30. The summed E-state index contributed by atoms with van der Waals surface area (Å²) >= 11 is 0. The number of nitrogens with one attached hydrogen (secondary N) is 1. The smallest absolute Gasteiger partial charge is 0.223 e. The van der Waals surface area contributed by atoms with Gasteiger partial charge in [-0.2, -0.15) is 0 Å². The van der Waals surface area contributed by atoms with Crippen molar-refractivity contribution in [3.8, 4) is 0 Å². The van der Waals surface area contributed by atoms with Gasteiger partial charge in [-0.25, -0.2) is 0 Å². The summed E-state index contributed by atoms with van der Waals surface area (Å²) in [5.41, 5.74) is 0. The van der Waals surface area contributed by atoms with Crippen molar-refractivity contribution in [3.63, 3.8) is 0 Å². The number of carbonyl (C=O) groups is 1. The van der Waals surface area contributed by atoms with Crippen molar-refractivity contribution >= 4 is 5.91 Å². The largest absolute Gasteiger partial charge is 0.353 e. The number of unbranched alkanes of at least 4 members (excludes halogenated alkanes) is 1. The van der Waals surface area contributed by atoms with Crippen LogP contribution in [0.25, 0.3) is 0 Å².